The summed E-state index contributed by atoms with van der Waals surface area (Å²) >= 11 is 5.92. The zero-order chi connectivity index (χ0) is 12.4. The van der Waals surface area contributed by atoms with Gasteiger partial charge in [-0.15, -0.1) is 0 Å². The molecule has 1 heterocycles. The van der Waals surface area contributed by atoms with Gasteiger partial charge in [0.25, 0.3) is 0 Å². The lowest BCUT2D eigenvalue weighted by Gasteiger charge is -2.40. The molecule has 3 heteroatoms. The Balaban J connectivity index is 2.35. The van der Waals surface area contributed by atoms with E-state index >= 15 is 0 Å². The van der Waals surface area contributed by atoms with Crippen LogP contribution in [0.5, 0.6) is 0 Å². The number of anilines is 1. The first-order chi connectivity index (χ1) is 8.13. The van der Waals surface area contributed by atoms with Crippen LogP contribution in [0.2, 0.25) is 5.02 Å². The summed E-state index contributed by atoms with van der Waals surface area (Å²) in [7, 11) is 0. The first-order valence-corrected chi connectivity index (χ1v) is 6.52. The van der Waals surface area contributed by atoms with Gasteiger partial charge in [-0.25, -0.2) is 0 Å². The standard InChI is InChI=1S/C14H18ClNO/c1-10-4-3-7-16(11(10)2)14-6-5-13(15)8-12(14)9-17/h5-6,8-11H,3-4,7H2,1-2H3. The maximum Gasteiger partial charge on any atom is 0.152 e. The highest BCUT2D eigenvalue weighted by Crippen LogP contribution is 2.31. The maximum absolute atomic E-state index is 11.1. The van der Waals surface area contributed by atoms with Crippen LogP contribution < -0.4 is 4.90 Å². The summed E-state index contributed by atoms with van der Waals surface area (Å²) in [5.74, 6) is 0.666. The quantitative estimate of drug-likeness (QED) is 0.746. The van der Waals surface area contributed by atoms with Crippen molar-refractivity contribution < 1.29 is 4.79 Å². The molecule has 0 aromatic heterocycles. The third-order valence-electron chi connectivity index (χ3n) is 3.80. The first kappa shape index (κ1) is 12.4. The van der Waals surface area contributed by atoms with Crippen LogP contribution in [0.15, 0.2) is 18.2 Å². The van der Waals surface area contributed by atoms with Crippen LogP contribution in [-0.4, -0.2) is 18.9 Å². The monoisotopic (exact) mass is 251 g/mol. The molecule has 1 aromatic rings. The van der Waals surface area contributed by atoms with Crippen LogP contribution in [0.4, 0.5) is 5.69 Å². The van der Waals surface area contributed by atoms with E-state index < -0.39 is 0 Å². The highest BCUT2D eigenvalue weighted by Gasteiger charge is 2.26. The number of hydrogen-bond acceptors (Lipinski definition) is 2. The lowest BCUT2D eigenvalue weighted by molar-refractivity contribution is 0.112. The molecule has 2 nitrogen and oxygen atoms in total. The molecule has 17 heavy (non-hydrogen) atoms. The zero-order valence-corrected chi connectivity index (χ0v) is 11.1. The molecule has 0 saturated carbocycles. The van der Waals surface area contributed by atoms with Gasteiger partial charge < -0.3 is 4.90 Å². The molecule has 0 N–H and O–H groups in total. The summed E-state index contributed by atoms with van der Waals surface area (Å²) in [4.78, 5) is 13.5. The van der Waals surface area contributed by atoms with Crippen LogP contribution in [-0.2, 0) is 0 Å². The molecule has 1 fully saturated rings. The van der Waals surface area contributed by atoms with Gasteiger partial charge in [0.1, 0.15) is 0 Å². The van der Waals surface area contributed by atoms with Gasteiger partial charge in [0.15, 0.2) is 6.29 Å². The lowest BCUT2D eigenvalue weighted by atomic mass is 9.91. The van der Waals surface area contributed by atoms with Gasteiger partial charge in [-0.1, -0.05) is 18.5 Å². The minimum Gasteiger partial charge on any atom is -0.368 e. The van der Waals surface area contributed by atoms with E-state index in [0.717, 1.165) is 18.5 Å². The average Bonchev–Trinajstić information content (AvgIpc) is 2.33. The predicted molar refractivity (Wildman–Crippen MR) is 72.0 cm³/mol. The zero-order valence-electron chi connectivity index (χ0n) is 10.3. The Morgan fingerprint density at radius 1 is 1.41 bits per heavy atom. The minimum absolute atomic E-state index is 0.476. The van der Waals surface area contributed by atoms with Crippen LogP contribution in [0.1, 0.15) is 37.0 Å². The topological polar surface area (TPSA) is 20.3 Å². The van der Waals surface area contributed by atoms with Crippen molar-refractivity contribution in [2.45, 2.75) is 32.7 Å². The second-order valence-electron chi connectivity index (χ2n) is 4.87. The summed E-state index contributed by atoms with van der Waals surface area (Å²) in [5, 5.41) is 0.619. The fourth-order valence-corrected chi connectivity index (χ4v) is 2.74. The van der Waals surface area contributed by atoms with Crippen molar-refractivity contribution in [3.05, 3.63) is 28.8 Å². The van der Waals surface area contributed by atoms with Crippen molar-refractivity contribution >= 4 is 23.6 Å². The van der Waals surface area contributed by atoms with Gasteiger partial charge >= 0.3 is 0 Å². The van der Waals surface area contributed by atoms with Crippen LogP contribution >= 0.6 is 11.6 Å². The Labute approximate surface area is 108 Å². The van der Waals surface area contributed by atoms with Gasteiger partial charge in [-0.3, -0.25) is 4.79 Å². The summed E-state index contributed by atoms with van der Waals surface area (Å²) < 4.78 is 0. The lowest BCUT2D eigenvalue weighted by Crippen LogP contribution is -2.42. The molecule has 2 atom stereocenters. The third kappa shape index (κ3) is 2.47. The number of carbonyl (C=O) groups excluding carboxylic acids is 1. The Hall–Kier alpha value is -1.02. The van der Waals surface area contributed by atoms with Gasteiger partial charge in [-0.2, -0.15) is 0 Å². The number of piperidine rings is 1. The van der Waals surface area contributed by atoms with Crippen molar-refractivity contribution in [2.75, 3.05) is 11.4 Å². The van der Waals surface area contributed by atoms with E-state index in [1.165, 1.54) is 12.8 Å². The third-order valence-corrected chi connectivity index (χ3v) is 4.03. The number of aldehydes is 1. The number of benzene rings is 1. The Morgan fingerprint density at radius 2 is 2.18 bits per heavy atom. The normalized spacial score (nSPS) is 24.8. The van der Waals surface area contributed by atoms with Crippen molar-refractivity contribution in [1.82, 2.24) is 0 Å². The average molecular weight is 252 g/mol. The number of nitrogens with zero attached hydrogens (tertiary/aromatic N) is 1. The molecule has 0 aliphatic carbocycles. The predicted octanol–water partition coefficient (Wildman–Crippen LogP) is 3.78. The van der Waals surface area contributed by atoms with Crippen molar-refractivity contribution in [1.29, 1.82) is 0 Å². The van der Waals surface area contributed by atoms with Crippen molar-refractivity contribution in [3.63, 3.8) is 0 Å². The minimum atomic E-state index is 0.476. The second kappa shape index (κ2) is 5.09. The molecule has 0 radical (unpaired) electrons. The molecule has 2 unspecified atom stereocenters. The molecule has 1 saturated heterocycles. The highest BCUT2D eigenvalue weighted by molar-refractivity contribution is 6.31. The summed E-state index contributed by atoms with van der Waals surface area (Å²) in [5.41, 5.74) is 1.71. The maximum atomic E-state index is 11.1. The fourth-order valence-electron chi connectivity index (χ4n) is 2.56. The largest absolute Gasteiger partial charge is 0.368 e. The van der Waals surface area contributed by atoms with Gasteiger partial charge in [0, 0.05) is 28.9 Å². The SMILES string of the molecule is CC1CCCN(c2ccc(Cl)cc2C=O)C1C. The molecule has 0 amide bonds. The second-order valence-corrected chi connectivity index (χ2v) is 5.31. The number of hydrogen-bond donors (Lipinski definition) is 0. The number of rotatable bonds is 2. The molecule has 1 aromatic carbocycles. The van der Waals surface area contributed by atoms with E-state index in [9.17, 15) is 4.79 Å². The molecule has 1 aliphatic rings. The number of halogens is 1. The molecule has 0 spiro atoms. The van der Waals surface area contributed by atoms with Crippen molar-refractivity contribution in [2.24, 2.45) is 5.92 Å². The Kier molecular flexibility index (Phi) is 3.72. The van der Waals surface area contributed by atoms with E-state index in [1.807, 2.05) is 12.1 Å². The molecule has 92 valence electrons. The van der Waals surface area contributed by atoms with Gasteiger partial charge in [0.05, 0.1) is 0 Å². The molecule has 1 aliphatic heterocycles. The van der Waals surface area contributed by atoms with Gasteiger partial charge in [-0.05, 0) is 43.9 Å². The van der Waals surface area contributed by atoms with E-state index in [2.05, 4.69) is 18.7 Å². The fraction of sp³-hybridized carbons (Fsp3) is 0.500. The van der Waals surface area contributed by atoms with E-state index in [4.69, 9.17) is 11.6 Å². The molecular weight excluding hydrogens is 234 g/mol. The van der Waals surface area contributed by atoms with Crippen molar-refractivity contribution in [3.8, 4) is 0 Å². The van der Waals surface area contributed by atoms with Crippen LogP contribution in [0, 0.1) is 5.92 Å². The Bertz CT molecular complexity index is 419. The summed E-state index contributed by atoms with van der Waals surface area (Å²) in [6.07, 6.45) is 3.35. The Morgan fingerprint density at radius 3 is 2.88 bits per heavy atom. The van der Waals surface area contributed by atoms with Gasteiger partial charge in [0.2, 0.25) is 0 Å². The number of carbonyl (C=O) groups is 1. The highest BCUT2D eigenvalue weighted by atomic mass is 35.5. The summed E-state index contributed by atoms with van der Waals surface area (Å²) in [6, 6.07) is 6.04. The van der Waals surface area contributed by atoms with E-state index in [0.29, 0.717) is 22.5 Å². The first-order valence-electron chi connectivity index (χ1n) is 6.15. The molecule has 0 bridgehead atoms. The molecule has 2 rings (SSSR count). The van der Waals surface area contributed by atoms with E-state index in [1.54, 1.807) is 6.07 Å². The summed E-state index contributed by atoms with van der Waals surface area (Å²) in [6.45, 7) is 5.52. The van der Waals surface area contributed by atoms with Crippen LogP contribution in [0.25, 0.3) is 0 Å². The van der Waals surface area contributed by atoms with E-state index in [-0.39, 0.29) is 0 Å². The smallest absolute Gasteiger partial charge is 0.152 e. The van der Waals surface area contributed by atoms with Crippen LogP contribution in [0.3, 0.4) is 0 Å². The molecular formula is C14H18ClNO.